The van der Waals surface area contributed by atoms with Gasteiger partial charge in [-0.15, -0.1) is 0 Å². The Morgan fingerprint density at radius 1 is 0.902 bits per heavy atom. The second-order valence-electron chi connectivity index (χ2n) is 9.46. The number of anilines is 1. The maximum Gasteiger partial charge on any atom is 0.301 e. The number of nitrogens with zero attached hydrogens (tertiary/aromatic N) is 2. The van der Waals surface area contributed by atoms with Gasteiger partial charge in [0.25, 0.3) is 5.78 Å². The van der Waals surface area contributed by atoms with E-state index in [4.69, 9.17) is 19.2 Å². The molecule has 1 N–H and O–H groups in total. The number of Topliss-reactive ketones (excluding diaryl/α,β-unsaturated/α-hetero) is 1. The largest absolute Gasteiger partial charge is 0.507 e. The van der Waals surface area contributed by atoms with E-state index in [1.165, 1.54) is 16.2 Å². The third-order valence-electron chi connectivity index (χ3n) is 6.69. The van der Waals surface area contributed by atoms with E-state index >= 15 is 0 Å². The highest BCUT2D eigenvalue weighted by molar-refractivity contribution is 7.22. The summed E-state index contributed by atoms with van der Waals surface area (Å²) >= 11 is 1.29. The van der Waals surface area contributed by atoms with E-state index in [0.29, 0.717) is 58.8 Å². The zero-order valence-corrected chi connectivity index (χ0v) is 24.1. The molecule has 1 unspecified atom stereocenters. The van der Waals surface area contributed by atoms with Crippen LogP contribution in [0.2, 0.25) is 0 Å². The molecule has 1 saturated heterocycles. The topological polar surface area (TPSA) is 98.2 Å². The van der Waals surface area contributed by atoms with Crippen molar-refractivity contribution in [1.29, 1.82) is 0 Å². The molecule has 0 bridgehead atoms. The quantitative estimate of drug-likeness (QED) is 0.0904. The maximum absolute atomic E-state index is 13.6. The van der Waals surface area contributed by atoms with Crippen LogP contribution in [0.1, 0.15) is 50.8 Å². The van der Waals surface area contributed by atoms with Gasteiger partial charge in [-0.1, -0.05) is 48.9 Å². The van der Waals surface area contributed by atoms with Crippen molar-refractivity contribution in [3.05, 3.63) is 83.4 Å². The highest BCUT2D eigenvalue weighted by Crippen LogP contribution is 2.45. The fraction of sp³-hybridized carbons (Fsp3) is 0.281. The van der Waals surface area contributed by atoms with E-state index in [0.717, 1.165) is 17.5 Å². The zero-order chi connectivity index (χ0) is 28.9. The van der Waals surface area contributed by atoms with Crippen LogP contribution in [0.4, 0.5) is 5.13 Å². The Hall–Kier alpha value is -4.37. The van der Waals surface area contributed by atoms with Gasteiger partial charge < -0.3 is 19.3 Å². The molecule has 4 aromatic rings. The number of rotatable bonds is 11. The Morgan fingerprint density at radius 3 is 2.32 bits per heavy atom. The summed E-state index contributed by atoms with van der Waals surface area (Å²) in [6, 6.07) is 18.7. The number of carbonyl (C=O) groups excluding carboxylic acids is 2. The fourth-order valence-corrected chi connectivity index (χ4v) is 5.75. The lowest BCUT2D eigenvalue weighted by atomic mass is 9.95. The molecule has 1 aromatic heterocycles. The SMILES string of the molecule is CCCCOc1ccc(C2/C(=C(\O)c3cccc(OCC)c3)C(=O)C(=O)N2c2nc3ccc(OCC)cc3s2)cc1. The summed E-state index contributed by atoms with van der Waals surface area (Å²) in [4.78, 5) is 33.3. The third kappa shape index (κ3) is 5.76. The summed E-state index contributed by atoms with van der Waals surface area (Å²) in [5.74, 6) is 0.109. The van der Waals surface area contributed by atoms with E-state index in [9.17, 15) is 14.7 Å². The van der Waals surface area contributed by atoms with Crippen molar-refractivity contribution < 1.29 is 28.9 Å². The minimum Gasteiger partial charge on any atom is -0.507 e. The van der Waals surface area contributed by atoms with Gasteiger partial charge >= 0.3 is 5.91 Å². The molecular weight excluding hydrogens is 540 g/mol. The van der Waals surface area contributed by atoms with Gasteiger partial charge in [-0.2, -0.15) is 0 Å². The molecule has 0 spiro atoms. The number of benzene rings is 3. The summed E-state index contributed by atoms with van der Waals surface area (Å²) in [5.41, 5.74) is 1.68. The van der Waals surface area contributed by atoms with Gasteiger partial charge in [0.1, 0.15) is 23.0 Å². The minimum atomic E-state index is -0.901. The molecule has 5 rings (SSSR count). The van der Waals surface area contributed by atoms with Gasteiger partial charge in [0.15, 0.2) is 5.13 Å². The van der Waals surface area contributed by atoms with E-state index in [1.807, 2.05) is 56.3 Å². The molecule has 0 radical (unpaired) electrons. The van der Waals surface area contributed by atoms with Crippen molar-refractivity contribution in [2.45, 2.75) is 39.7 Å². The average Bonchev–Trinajstić information content (AvgIpc) is 3.51. The first-order valence-electron chi connectivity index (χ1n) is 13.8. The van der Waals surface area contributed by atoms with Crippen LogP contribution in [0.5, 0.6) is 17.2 Å². The van der Waals surface area contributed by atoms with Crippen LogP contribution in [0.15, 0.2) is 72.3 Å². The minimum absolute atomic E-state index is 0.0161. The number of unbranched alkanes of at least 4 members (excludes halogenated alkanes) is 1. The number of aliphatic hydroxyl groups is 1. The number of hydrogen-bond donors (Lipinski definition) is 1. The van der Waals surface area contributed by atoms with Crippen LogP contribution in [0, 0.1) is 0 Å². The van der Waals surface area contributed by atoms with Crippen molar-refractivity contribution in [2.75, 3.05) is 24.7 Å². The molecule has 0 saturated carbocycles. The first-order chi connectivity index (χ1) is 19.9. The van der Waals surface area contributed by atoms with Crippen LogP contribution in [-0.4, -0.2) is 41.6 Å². The highest BCUT2D eigenvalue weighted by atomic mass is 32.1. The Labute approximate surface area is 242 Å². The summed E-state index contributed by atoms with van der Waals surface area (Å²) in [6.07, 6.45) is 1.96. The van der Waals surface area contributed by atoms with Gasteiger partial charge in [-0.3, -0.25) is 14.5 Å². The Balaban J connectivity index is 1.62. The second-order valence-corrected chi connectivity index (χ2v) is 10.5. The normalized spacial score (nSPS) is 16.4. The Morgan fingerprint density at radius 2 is 1.61 bits per heavy atom. The predicted octanol–water partition coefficient (Wildman–Crippen LogP) is 6.90. The lowest BCUT2D eigenvalue weighted by Gasteiger charge is -2.23. The number of carbonyl (C=O) groups is 2. The maximum atomic E-state index is 13.6. The summed E-state index contributed by atoms with van der Waals surface area (Å²) in [7, 11) is 0. The molecule has 0 aliphatic carbocycles. The van der Waals surface area contributed by atoms with E-state index in [-0.39, 0.29) is 11.3 Å². The Kier molecular flexibility index (Phi) is 8.54. The number of ketones is 1. The van der Waals surface area contributed by atoms with Crippen molar-refractivity contribution in [2.24, 2.45) is 0 Å². The van der Waals surface area contributed by atoms with Gasteiger partial charge in [-0.05, 0) is 68.3 Å². The monoisotopic (exact) mass is 572 g/mol. The van der Waals surface area contributed by atoms with Gasteiger partial charge in [0.2, 0.25) is 0 Å². The molecule has 1 amide bonds. The number of fused-ring (bicyclic) bond motifs is 1. The fourth-order valence-electron chi connectivity index (χ4n) is 4.73. The van der Waals surface area contributed by atoms with E-state index in [1.54, 1.807) is 24.3 Å². The zero-order valence-electron chi connectivity index (χ0n) is 23.3. The van der Waals surface area contributed by atoms with Crippen LogP contribution in [0.3, 0.4) is 0 Å². The number of ether oxygens (including phenoxy) is 3. The molecular formula is C32H32N2O6S. The number of aromatic nitrogens is 1. The summed E-state index contributed by atoms with van der Waals surface area (Å²) in [5, 5.41) is 11.8. The van der Waals surface area contributed by atoms with Crippen molar-refractivity contribution in [1.82, 2.24) is 4.98 Å². The lowest BCUT2D eigenvalue weighted by Crippen LogP contribution is -2.29. The molecule has 2 heterocycles. The van der Waals surface area contributed by atoms with Crippen molar-refractivity contribution in [3.63, 3.8) is 0 Å². The summed E-state index contributed by atoms with van der Waals surface area (Å²) in [6.45, 7) is 7.44. The van der Waals surface area contributed by atoms with Crippen molar-refractivity contribution in [3.8, 4) is 17.2 Å². The molecule has 41 heavy (non-hydrogen) atoms. The van der Waals surface area contributed by atoms with Crippen molar-refractivity contribution >= 4 is 44.1 Å². The van der Waals surface area contributed by atoms with Crippen LogP contribution < -0.4 is 19.1 Å². The first-order valence-corrected chi connectivity index (χ1v) is 14.6. The average molecular weight is 573 g/mol. The van der Waals surface area contributed by atoms with Crippen LogP contribution in [-0.2, 0) is 9.59 Å². The van der Waals surface area contributed by atoms with Gasteiger partial charge in [-0.25, -0.2) is 4.98 Å². The molecule has 212 valence electrons. The first kappa shape index (κ1) is 28.2. The molecule has 8 nitrogen and oxygen atoms in total. The highest BCUT2D eigenvalue weighted by Gasteiger charge is 2.48. The number of thiazole rings is 1. The predicted molar refractivity (Wildman–Crippen MR) is 160 cm³/mol. The van der Waals surface area contributed by atoms with Crippen LogP contribution >= 0.6 is 11.3 Å². The second kappa shape index (κ2) is 12.4. The smallest absolute Gasteiger partial charge is 0.301 e. The van der Waals surface area contributed by atoms with Crippen LogP contribution in [0.25, 0.3) is 16.0 Å². The molecule has 1 atom stereocenters. The van der Waals surface area contributed by atoms with E-state index in [2.05, 4.69) is 6.92 Å². The Bertz CT molecular complexity index is 1590. The number of aliphatic hydroxyl groups excluding tert-OH is 1. The molecule has 1 aliphatic heterocycles. The van der Waals surface area contributed by atoms with E-state index < -0.39 is 17.7 Å². The summed E-state index contributed by atoms with van der Waals surface area (Å²) < 4.78 is 17.9. The van der Waals surface area contributed by atoms with Gasteiger partial charge in [0, 0.05) is 5.56 Å². The molecule has 9 heteroatoms. The lowest BCUT2D eigenvalue weighted by molar-refractivity contribution is -0.132. The molecule has 1 aliphatic rings. The molecule has 3 aromatic carbocycles. The third-order valence-corrected chi connectivity index (χ3v) is 7.71. The van der Waals surface area contributed by atoms with Gasteiger partial charge in [0.05, 0.1) is 41.7 Å². The number of hydrogen-bond acceptors (Lipinski definition) is 8. The molecule has 1 fully saturated rings. The number of amides is 1. The standard InChI is InChI=1S/C32H32N2O6S/c1-4-7-17-40-22-13-11-20(12-14-22)28-27(29(35)21-9-8-10-23(18-21)38-5-2)30(36)31(37)34(28)32-33-25-16-15-24(39-6-3)19-26(25)41-32/h8-16,18-19,28,35H,4-7,17H2,1-3H3/b29-27+.